The molecule has 0 aliphatic heterocycles. The van der Waals surface area contributed by atoms with Crippen LogP contribution in [0.3, 0.4) is 0 Å². The highest BCUT2D eigenvalue weighted by Gasteiger charge is 2.09. The van der Waals surface area contributed by atoms with Crippen molar-refractivity contribution in [2.45, 2.75) is 19.8 Å². The van der Waals surface area contributed by atoms with E-state index in [4.69, 9.17) is 0 Å². The lowest BCUT2D eigenvalue weighted by atomic mass is 10.1. The molecule has 0 bridgehead atoms. The number of hydrogen-bond donors (Lipinski definition) is 2. The van der Waals surface area contributed by atoms with Crippen LogP contribution in [0.25, 0.3) is 0 Å². The summed E-state index contributed by atoms with van der Waals surface area (Å²) in [5, 5.41) is 6.07. The number of benzene rings is 1. The van der Waals surface area contributed by atoms with Gasteiger partial charge in [-0.1, -0.05) is 25.1 Å². The van der Waals surface area contributed by atoms with Gasteiger partial charge in [-0.15, -0.1) is 0 Å². The van der Waals surface area contributed by atoms with E-state index in [1.165, 1.54) is 0 Å². The standard InChI is InChI=1S/C18H25N5O/c1-4-14-8-5-6-9-16(14)22-17(24)15-12-20-18(21-13-15)19-10-7-11-23(2)3/h5-6,8-9,12-13H,4,7,10-11H2,1-3H3,(H,22,24)(H,19,20,21). The molecule has 128 valence electrons. The van der Waals surface area contributed by atoms with Gasteiger partial charge in [-0.3, -0.25) is 4.79 Å². The van der Waals surface area contributed by atoms with E-state index in [9.17, 15) is 4.79 Å². The molecule has 0 saturated carbocycles. The molecule has 2 rings (SSSR count). The summed E-state index contributed by atoms with van der Waals surface area (Å²) in [4.78, 5) is 22.8. The van der Waals surface area contributed by atoms with Crippen molar-refractivity contribution in [3.8, 4) is 0 Å². The van der Waals surface area contributed by atoms with Gasteiger partial charge in [-0.2, -0.15) is 0 Å². The van der Waals surface area contributed by atoms with Gasteiger partial charge in [0, 0.05) is 24.6 Å². The third kappa shape index (κ3) is 5.31. The first-order chi connectivity index (χ1) is 11.6. The van der Waals surface area contributed by atoms with Crippen LogP contribution in [0.2, 0.25) is 0 Å². The molecular weight excluding hydrogens is 302 g/mol. The second kappa shape index (κ2) is 8.98. The molecule has 0 aliphatic rings. The lowest BCUT2D eigenvalue weighted by Gasteiger charge is -2.11. The van der Waals surface area contributed by atoms with Crippen LogP contribution >= 0.6 is 0 Å². The molecule has 0 radical (unpaired) electrons. The van der Waals surface area contributed by atoms with Crippen LogP contribution in [0.15, 0.2) is 36.7 Å². The van der Waals surface area contributed by atoms with E-state index in [1.54, 1.807) is 12.4 Å². The zero-order valence-corrected chi connectivity index (χ0v) is 14.5. The van der Waals surface area contributed by atoms with E-state index in [-0.39, 0.29) is 5.91 Å². The topological polar surface area (TPSA) is 70.2 Å². The highest BCUT2D eigenvalue weighted by atomic mass is 16.1. The number of hydrogen-bond acceptors (Lipinski definition) is 5. The number of amides is 1. The number of carbonyl (C=O) groups excluding carboxylic acids is 1. The van der Waals surface area contributed by atoms with E-state index in [1.807, 2.05) is 38.4 Å². The van der Waals surface area contributed by atoms with Crippen LogP contribution in [0.5, 0.6) is 0 Å². The first-order valence-electron chi connectivity index (χ1n) is 8.20. The normalized spacial score (nSPS) is 10.7. The molecule has 2 N–H and O–H groups in total. The monoisotopic (exact) mass is 327 g/mol. The molecule has 0 aliphatic carbocycles. The van der Waals surface area contributed by atoms with Crippen molar-refractivity contribution >= 4 is 17.5 Å². The van der Waals surface area contributed by atoms with Crippen molar-refractivity contribution in [1.29, 1.82) is 0 Å². The Kier molecular flexibility index (Phi) is 6.69. The molecule has 0 saturated heterocycles. The average molecular weight is 327 g/mol. The fourth-order valence-corrected chi connectivity index (χ4v) is 2.28. The van der Waals surface area contributed by atoms with Gasteiger partial charge in [-0.05, 0) is 45.1 Å². The Morgan fingerprint density at radius 1 is 1.17 bits per heavy atom. The van der Waals surface area contributed by atoms with Crippen LogP contribution in [0.1, 0.15) is 29.3 Å². The van der Waals surface area contributed by atoms with E-state index in [0.29, 0.717) is 11.5 Å². The van der Waals surface area contributed by atoms with Crippen molar-refractivity contribution in [1.82, 2.24) is 14.9 Å². The summed E-state index contributed by atoms with van der Waals surface area (Å²) in [5.41, 5.74) is 2.38. The van der Waals surface area contributed by atoms with Gasteiger partial charge in [0.15, 0.2) is 0 Å². The van der Waals surface area contributed by atoms with Crippen molar-refractivity contribution in [3.05, 3.63) is 47.8 Å². The average Bonchev–Trinajstić information content (AvgIpc) is 2.59. The quantitative estimate of drug-likeness (QED) is 0.730. The van der Waals surface area contributed by atoms with Gasteiger partial charge in [0.1, 0.15) is 0 Å². The zero-order valence-electron chi connectivity index (χ0n) is 14.5. The van der Waals surface area contributed by atoms with Crippen molar-refractivity contribution < 1.29 is 4.79 Å². The Morgan fingerprint density at radius 2 is 1.88 bits per heavy atom. The largest absolute Gasteiger partial charge is 0.354 e. The molecule has 1 aromatic carbocycles. The second-order valence-electron chi connectivity index (χ2n) is 5.84. The molecule has 2 aromatic rings. The van der Waals surface area contributed by atoms with Crippen molar-refractivity contribution in [2.24, 2.45) is 0 Å². The molecule has 1 amide bonds. The fourth-order valence-electron chi connectivity index (χ4n) is 2.28. The molecule has 6 nitrogen and oxygen atoms in total. The van der Waals surface area contributed by atoms with E-state index < -0.39 is 0 Å². The maximum Gasteiger partial charge on any atom is 0.258 e. The molecule has 24 heavy (non-hydrogen) atoms. The second-order valence-corrected chi connectivity index (χ2v) is 5.84. The zero-order chi connectivity index (χ0) is 17.4. The SMILES string of the molecule is CCc1ccccc1NC(=O)c1cnc(NCCCN(C)C)nc1. The van der Waals surface area contributed by atoms with Crippen LogP contribution in [-0.4, -0.2) is 48.0 Å². The maximum atomic E-state index is 12.3. The molecule has 6 heteroatoms. The fraction of sp³-hybridized carbons (Fsp3) is 0.389. The Hall–Kier alpha value is -2.47. The highest BCUT2D eigenvalue weighted by Crippen LogP contribution is 2.16. The first kappa shape index (κ1) is 17.9. The number of para-hydroxylation sites is 1. The number of aryl methyl sites for hydroxylation is 1. The van der Waals surface area contributed by atoms with E-state index >= 15 is 0 Å². The van der Waals surface area contributed by atoms with Crippen LogP contribution in [0.4, 0.5) is 11.6 Å². The van der Waals surface area contributed by atoms with Gasteiger partial charge in [0.05, 0.1) is 5.56 Å². The van der Waals surface area contributed by atoms with Gasteiger partial charge in [0.2, 0.25) is 5.95 Å². The third-order valence-corrected chi connectivity index (χ3v) is 3.63. The van der Waals surface area contributed by atoms with Gasteiger partial charge >= 0.3 is 0 Å². The summed E-state index contributed by atoms with van der Waals surface area (Å²) >= 11 is 0. The highest BCUT2D eigenvalue weighted by molar-refractivity contribution is 6.04. The smallest absolute Gasteiger partial charge is 0.258 e. The molecule has 0 fully saturated rings. The predicted octanol–water partition coefficient (Wildman–Crippen LogP) is 2.65. The van der Waals surface area contributed by atoms with Crippen molar-refractivity contribution in [2.75, 3.05) is 37.8 Å². The minimum Gasteiger partial charge on any atom is -0.354 e. The molecule has 1 heterocycles. The summed E-state index contributed by atoms with van der Waals surface area (Å²) in [5.74, 6) is 0.342. The number of nitrogens with zero attached hydrogens (tertiary/aromatic N) is 3. The third-order valence-electron chi connectivity index (χ3n) is 3.63. The maximum absolute atomic E-state index is 12.3. The van der Waals surface area contributed by atoms with Crippen LogP contribution in [-0.2, 0) is 6.42 Å². The summed E-state index contributed by atoms with van der Waals surface area (Å²) < 4.78 is 0. The number of nitrogens with one attached hydrogen (secondary N) is 2. The van der Waals surface area contributed by atoms with E-state index in [0.717, 1.165) is 37.2 Å². The lowest BCUT2D eigenvalue weighted by molar-refractivity contribution is 0.102. The van der Waals surface area contributed by atoms with Gasteiger partial charge in [0.25, 0.3) is 5.91 Å². The summed E-state index contributed by atoms with van der Waals surface area (Å²) in [7, 11) is 4.08. The van der Waals surface area contributed by atoms with Crippen LogP contribution in [0, 0.1) is 0 Å². The van der Waals surface area contributed by atoms with Crippen molar-refractivity contribution in [3.63, 3.8) is 0 Å². The Morgan fingerprint density at radius 3 is 2.54 bits per heavy atom. The first-order valence-corrected chi connectivity index (χ1v) is 8.20. The molecule has 0 atom stereocenters. The summed E-state index contributed by atoms with van der Waals surface area (Å²) in [6, 6.07) is 7.78. The number of aromatic nitrogens is 2. The molecular formula is C18H25N5O. The summed E-state index contributed by atoms with van der Waals surface area (Å²) in [6.45, 7) is 3.86. The Balaban J connectivity index is 1.91. The number of rotatable bonds is 8. The van der Waals surface area contributed by atoms with Gasteiger partial charge in [-0.25, -0.2) is 9.97 Å². The Labute approximate surface area is 143 Å². The minimum atomic E-state index is -0.199. The number of carbonyl (C=O) groups is 1. The molecule has 1 aromatic heterocycles. The molecule has 0 spiro atoms. The minimum absolute atomic E-state index is 0.199. The lowest BCUT2D eigenvalue weighted by Crippen LogP contribution is -2.17. The van der Waals surface area contributed by atoms with Crippen LogP contribution < -0.4 is 10.6 Å². The summed E-state index contributed by atoms with van der Waals surface area (Å²) in [6.07, 6.45) is 4.96. The Bertz CT molecular complexity index is 655. The predicted molar refractivity (Wildman–Crippen MR) is 97.5 cm³/mol. The molecule has 0 unspecified atom stereocenters. The number of anilines is 2. The van der Waals surface area contributed by atoms with E-state index in [2.05, 4.69) is 32.4 Å². The van der Waals surface area contributed by atoms with Gasteiger partial charge < -0.3 is 15.5 Å².